The van der Waals surface area contributed by atoms with Gasteiger partial charge in [0.1, 0.15) is 10.6 Å². The van der Waals surface area contributed by atoms with Crippen LogP contribution < -0.4 is 19.7 Å². The number of carbonyl (C=O) groups excluding carboxylic acids is 2. The van der Waals surface area contributed by atoms with Crippen molar-refractivity contribution in [2.45, 2.75) is 37.6 Å². The molecular weight excluding hydrogens is 566 g/mol. The van der Waals surface area contributed by atoms with Crippen molar-refractivity contribution < 1.29 is 27.5 Å². The van der Waals surface area contributed by atoms with Crippen LogP contribution in [0.5, 0.6) is 5.75 Å². The molecule has 1 aliphatic heterocycles. The number of hydrogen-bond donors (Lipinski definition) is 2. The molecule has 218 valence electrons. The van der Waals surface area contributed by atoms with Crippen molar-refractivity contribution in [3.8, 4) is 5.75 Å². The lowest BCUT2D eigenvalue weighted by atomic mass is 9.97. The molecule has 9 nitrogen and oxygen atoms in total. The van der Waals surface area contributed by atoms with Gasteiger partial charge in [0.2, 0.25) is 10.0 Å². The van der Waals surface area contributed by atoms with E-state index >= 15 is 0 Å². The Balaban J connectivity index is 1.59. The van der Waals surface area contributed by atoms with Crippen molar-refractivity contribution in [3.05, 3.63) is 83.4 Å². The first-order valence-corrected chi connectivity index (χ1v) is 15.3. The number of rotatable bonds is 11. The first-order valence-electron chi connectivity index (χ1n) is 13.5. The summed E-state index contributed by atoms with van der Waals surface area (Å²) in [6.45, 7) is 4.44. The number of nitrogens with one attached hydrogen (secondary N) is 2. The maximum Gasteiger partial charge on any atom is 0.310 e. The Bertz CT molecular complexity index is 1450. The van der Waals surface area contributed by atoms with Crippen LogP contribution in [0.3, 0.4) is 0 Å². The minimum Gasteiger partial charge on any atom is -0.484 e. The molecule has 0 radical (unpaired) electrons. The SMILES string of the molecule is CCOC(=O)C1CCCN(c2ccc(NC(=O)COc3ccc(Cl)cc3)cc2S(=O)(=O)NC(C)c2ccccc2)C1. The maximum absolute atomic E-state index is 13.8. The lowest BCUT2D eigenvalue weighted by Crippen LogP contribution is -2.40. The first-order chi connectivity index (χ1) is 19.7. The molecule has 0 spiro atoms. The lowest BCUT2D eigenvalue weighted by Gasteiger charge is -2.34. The largest absolute Gasteiger partial charge is 0.484 e. The number of anilines is 2. The molecule has 1 saturated heterocycles. The van der Waals surface area contributed by atoms with Crippen LogP contribution in [0.1, 0.15) is 38.3 Å². The van der Waals surface area contributed by atoms with Crippen LogP contribution in [0.4, 0.5) is 11.4 Å². The fraction of sp³-hybridized carbons (Fsp3) is 0.333. The van der Waals surface area contributed by atoms with Crippen molar-refractivity contribution in [2.75, 3.05) is 36.5 Å². The summed E-state index contributed by atoms with van der Waals surface area (Å²) in [6, 6.07) is 20.1. The molecule has 1 amide bonds. The van der Waals surface area contributed by atoms with Gasteiger partial charge in [-0.25, -0.2) is 13.1 Å². The average molecular weight is 600 g/mol. The van der Waals surface area contributed by atoms with E-state index in [1.807, 2.05) is 35.2 Å². The zero-order valence-electron chi connectivity index (χ0n) is 23.0. The number of ether oxygens (including phenoxy) is 2. The Morgan fingerprint density at radius 1 is 1.07 bits per heavy atom. The molecule has 1 fully saturated rings. The van der Waals surface area contributed by atoms with Gasteiger partial charge in [-0.3, -0.25) is 9.59 Å². The van der Waals surface area contributed by atoms with Crippen molar-refractivity contribution in [1.82, 2.24) is 4.72 Å². The van der Waals surface area contributed by atoms with Gasteiger partial charge in [0, 0.05) is 29.8 Å². The number of carbonyl (C=O) groups is 2. The monoisotopic (exact) mass is 599 g/mol. The van der Waals surface area contributed by atoms with Gasteiger partial charge in [-0.2, -0.15) is 0 Å². The third kappa shape index (κ3) is 8.22. The molecule has 0 aliphatic carbocycles. The van der Waals surface area contributed by atoms with E-state index in [1.54, 1.807) is 50.2 Å². The standard InChI is InChI=1S/C30H34ClN3O6S/c1-3-39-30(36)23-10-7-17-34(19-23)27-16-13-25(32-29(35)20-40-26-14-11-24(31)12-15-26)18-28(27)41(37,38)33-21(2)22-8-5-4-6-9-22/h4-6,8-9,11-16,18,21,23,33H,3,7,10,17,19-20H2,1-2H3,(H,32,35). The van der Waals surface area contributed by atoms with Crippen molar-refractivity contribution >= 4 is 44.9 Å². The summed E-state index contributed by atoms with van der Waals surface area (Å²) in [7, 11) is -4.06. The predicted octanol–water partition coefficient (Wildman–Crippen LogP) is 5.18. The Hall–Kier alpha value is -3.60. The minimum absolute atomic E-state index is 0.00112. The van der Waals surface area contributed by atoms with Crippen LogP contribution in [0.2, 0.25) is 5.02 Å². The van der Waals surface area contributed by atoms with Gasteiger partial charge in [0.25, 0.3) is 5.91 Å². The number of benzene rings is 3. The lowest BCUT2D eigenvalue weighted by molar-refractivity contribution is -0.148. The quantitative estimate of drug-likeness (QED) is 0.292. The molecule has 2 atom stereocenters. The molecule has 1 aliphatic rings. The second kappa shape index (κ2) is 13.8. The Kier molecular flexibility index (Phi) is 10.3. The van der Waals surface area contributed by atoms with Crippen LogP contribution in [-0.2, 0) is 24.3 Å². The molecule has 0 bridgehead atoms. The first kappa shape index (κ1) is 30.4. The van der Waals surface area contributed by atoms with E-state index in [4.69, 9.17) is 21.1 Å². The van der Waals surface area contributed by atoms with E-state index in [0.717, 1.165) is 5.56 Å². The minimum atomic E-state index is -4.06. The molecule has 41 heavy (non-hydrogen) atoms. The van der Waals surface area contributed by atoms with Gasteiger partial charge in [-0.1, -0.05) is 41.9 Å². The Morgan fingerprint density at radius 2 is 1.80 bits per heavy atom. The van der Waals surface area contributed by atoms with Crippen molar-refractivity contribution in [2.24, 2.45) is 5.92 Å². The molecule has 2 N–H and O–H groups in total. The van der Waals surface area contributed by atoms with E-state index < -0.39 is 22.0 Å². The zero-order chi connectivity index (χ0) is 29.4. The van der Waals surface area contributed by atoms with Crippen molar-refractivity contribution in [1.29, 1.82) is 0 Å². The van der Waals surface area contributed by atoms with Gasteiger partial charge in [-0.05, 0) is 74.7 Å². The fourth-order valence-corrected chi connectivity index (χ4v) is 6.31. The molecule has 0 aromatic heterocycles. The van der Waals surface area contributed by atoms with Gasteiger partial charge in [-0.15, -0.1) is 0 Å². The average Bonchev–Trinajstić information content (AvgIpc) is 2.97. The topological polar surface area (TPSA) is 114 Å². The van der Waals surface area contributed by atoms with Gasteiger partial charge < -0.3 is 19.7 Å². The number of nitrogens with zero attached hydrogens (tertiary/aromatic N) is 1. The van der Waals surface area contributed by atoms with Gasteiger partial charge in [0.15, 0.2) is 6.61 Å². The molecule has 3 aromatic rings. The summed E-state index contributed by atoms with van der Waals surface area (Å²) < 4.78 is 41.1. The Labute approximate surface area is 245 Å². The van der Waals surface area contributed by atoms with E-state index in [-0.39, 0.29) is 30.0 Å². The molecule has 1 heterocycles. The second-order valence-corrected chi connectivity index (χ2v) is 11.9. The van der Waals surface area contributed by atoms with Gasteiger partial charge >= 0.3 is 5.97 Å². The Morgan fingerprint density at radius 3 is 2.51 bits per heavy atom. The van der Waals surface area contributed by atoms with Crippen LogP contribution in [0, 0.1) is 5.92 Å². The summed E-state index contributed by atoms with van der Waals surface area (Å²) in [5, 5.41) is 3.27. The summed E-state index contributed by atoms with van der Waals surface area (Å²) in [5.74, 6) is -0.632. The molecular formula is C30H34ClN3O6S. The molecule has 4 rings (SSSR count). The summed E-state index contributed by atoms with van der Waals surface area (Å²) in [4.78, 5) is 27.0. The smallest absolute Gasteiger partial charge is 0.310 e. The van der Waals surface area contributed by atoms with E-state index in [1.165, 1.54) is 6.07 Å². The summed E-state index contributed by atoms with van der Waals surface area (Å²) in [5.41, 5.74) is 1.55. The molecule has 2 unspecified atom stereocenters. The van der Waals surface area contributed by atoms with Crippen molar-refractivity contribution in [3.63, 3.8) is 0 Å². The molecule has 0 saturated carbocycles. The zero-order valence-corrected chi connectivity index (χ0v) is 24.6. The number of sulfonamides is 1. The maximum atomic E-state index is 13.8. The number of piperidine rings is 1. The normalized spacial score (nSPS) is 16.1. The van der Waals surface area contributed by atoms with Gasteiger partial charge in [0.05, 0.1) is 18.2 Å². The van der Waals surface area contributed by atoms with E-state index in [2.05, 4.69) is 10.0 Å². The van der Waals surface area contributed by atoms with Crippen LogP contribution >= 0.6 is 11.6 Å². The van der Waals surface area contributed by atoms with Crippen LogP contribution in [-0.4, -0.2) is 46.6 Å². The van der Waals surface area contributed by atoms with Crippen LogP contribution in [0.15, 0.2) is 77.7 Å². The van der Waals surface area contributed by atoms with E-state index in [0.29, 0.717) is 48.1 Å². The number of amides is 1. The molecule has 3 aromatic carbocycles. The highest BCUT2D eigenvalue weighted by atomic mass is 35.5. The number of halogens is 1. The third-order valence-corrected chi connectivity index (χ3v) is 8.55. The molecule has 11 heteroatoms. The summed E-state index contributed by atoms with van der Waals surface area (Å²) in [6.07, 6.45) is 1.37. The third-order valence-electron chi connectivity index (χ3n) is 6.73. The van der Waals surface area contributed by atoms with E-state index in [9.17, 15) is 18.0 Å². The second-order valence-electron chi connectivity index (χ2n) is 9.76. The summed E-state index contributed by atoms with van der Waals surface area (Å²) >= 11 is 5.89. The predicted molar refractivity (Wildman–Crippen MR) is 159 cm³/mol. The highest BCUT2D eigenvalue weighted by Gasteiger charge is 2.31. The van der Waals surface area contributed by atoms with Crippen LogP contribution in [0.25, 0.3) is 0 Å². The number of esters is 1. The number of hydrogen-bond acceptors (Lipinski definition) is 7. The highest BCUT2D eigenvalue weighted by molar-refractivity contribution is 7.89. The highest BCUT2D eigenvalue weighted by Crippen LogP contribution is 2.33. The fourth-order valence-electron chi connectivity index (χ4n) is 4.70.